The molecule has 1 aromatic rings. The van der Waals surface area contributed by atoms with Gasteiger partial charge in [0, 0.05) is 18.3 Å². The first-order chi connectivity index (χ1) is 8.48. The summed E-state index contributed by atoms with van der Waals surface area (Å²) in [5.74, 6) is 1.20. The molecule has 1 rings (SSSR count). The molecule has 0 spiro atoms. The molecule has 5 heteroatoms. The van der Waals surface area contributed by atoms with Gasteiger partial charge in [0.2, 0.25) is 0 Å². The van der Waals surface area contributed by atoms with Crippen LogP contribution >= 0.6 is 0 Å². The zero-order valence-electron chi connectivity index (χ0n) is 11.1. The minimum Gasteiger partial charge on any atom is -0.497 e. The molecule has 0 heterocycles. The molecule has 0 aromatic heterocycles. The molecule has 0 aliphatic carbocycles. The van der Waals surface area contributed by atoms with Crippen molar-refractivity contribution >= 4 is 9.84 Å². The Morgan fingerprint density at radius 1 is 1.28 bits per heavy atom. The summed E-state index contributed by atoms with van der Waals surface area (Å²) < 4.78 is 27.8. The monoisotopic (exact) mass is 271 g/mol. The van der Waals surface area contributed by atoms with Crippen LogP contribution in [0.5, 0.6) is 5.75 Å². The molecule has 0 aliphatic rings. The summed E-state index contributed by atoms with van der Waals surface area (Å²) in [6.45, 7) is 4.16. The highest BCUT2D eigenvalue weighted by Gasteiger charge is 2.09. The Balaban J connectivity index is 2.47. The molecule has 0 saturated heterocycles. The largest absolute Gasteiger partial charge is 0.497 e. The van der Waals surface area contributed by atoms with Gasteiger partial charge >= 0.3 is 0 Å². The highest BCUT2D eigenvalue weighted by atomic mass is 32.2. The standard InChI is InChI=1S/C13H21NO3S/c1-4-18(15,16)10-9-14-11(2)12-5-7-13(17-3)8-6-12/h5-8,11,14H,4,9-10H2,1-3H3. The van der Waals surface area contributed by atoms with Crippen molar-refractivity contribution in [1.82, 2.24) is 5.32 Å². The van der Waals surface area contributed by atoms with Crippen LogP contribution in [0.25, 0.3) is 0 Å². The number of methoxy groups -OCH3 is 1. The lowest BCUT2D eigenvalue weighted by Gasteiger charge is -2.14. The Labute approximate surface area is 109 Å². The lowest BCUT2D eigenvalue weighted by atomic mass is 10.1. The van der Waals surface area contributed by atoms with Crippen molar-refractivity contribution in [2.75, 3.05) is 25.2 Å². The Morgan fingerprint density at radius 3 is 2.39 bits per heavy atom. The van der Waals surface area contributed by atoms with Crippen molar-refractivity contribution in [1.29, 1.82) is 0 Å². The average Bonchev–Trinajstić information content (AvgIpc) is 2.38. The Kier molecular flexibility index (Phi) is 5.62. The van der Waals surface area contributed by atoms with E-state index in [0.29, 0.717) is 6.54 Å². The minimum atomic E-state index is -2.89. The van der Waals surface area contributed by atoms with E-state index in [-0.39, 0.29) is 17.5 Å². The van der Waals surface area contributed by atoms with Crippen LogP contribution in [0.15, 0.2) is 24.3 Å². The van der Waals surface area contributed by atoms with E-state index >= 15 is 0 Å². The first-order valence-electron chi connectivity index (χ1n) is 6.06. The summed E-state index contributed by atoms with van der Waals surface area (Å²) in [4.78, 5) is 0. The Hall–Kier alpha value is -1.07. The van der Waals surface area contributed by atoms with Crippen molar-refractivity contribution in [3.05, 3.63) is 29.8 Å². The van der Waals surface area contributed by atoms with Crippen LogP contribution in [0.2, 0.25) is 0 Å². The summed E-state index contributed by atoms with van der Waals surface area (Å²) in [7, 11) is -1.26. The van der Waals surface area contributed by atoms with Crippen molar-refractivity contribution in [2.24, 2.45) is 0 Å². The van der Waals surface area contributed by atoms with E-state index in [1.54, 1.807) is 14.0 Å². The molecule has 0 fully saturated rings. The number of ether oxygens (including phenoxy) is 1. The molecule has 18 heavy (non-hydrogen) atoms. The normalized spacial score (nSPS) is 13.3. The van der Waals surface area contributed by atoms with Gasteiger partial charge in [-0.1, -0.05) is 19.1 Å². The predicted molar refractivity (Wildman–Crippen MR) is 73.7 cm³/mol. The molecule has 1 atom stereocenters. The van der Waals surface area contributed by atoms with E-state index in [4.69, 9.17) is 4.74 Å². The van der Waals surface area contributed by atoms with Gasteiger partial charge in [0.05, 0.1) is 12.9 Å². The number of nitrogens with one attached hydrogen (secondary N) is 1. The second kappa shape index (κ2) is 6.75. The molecule has 0 bridgehead atoms. The van der Waals surface area contributed by atoms with Crippen LogP contribution in [0, 0.1) is 0 Å². The van der Waals surface area contributed by atoms with Gasteiger partial charge in [-0.15, -0.1) is 0 Å². The third-order valence-corrected chi connectivity index (χ3v) is 4.63. The number of benzene rings is 1. The highest BCUT2D eigenvalue weighted by Crippen LogP contribution is 2.16. The van der Waals surface area contributed by atoms with Crippen molar-refractivity contribution in [2.45, 2.75) is 19.9 Å². The van der Waals surface area contributed by atoms with Crippen molar-refractivity contribution in [3.63, 3.8) is 0 Å². The fraction of sp³-hybridized carbons (Fsp3) is 0.538. The summed E-state index contributed by atoms with van der Waals surface area (Å²) in [5.41, 5.74) is 1.12. The fourth-order valence-corrected chi connectivity index (χ4v) is 2.30. The Bertz CT molecular complexity index is 454. The molecule has 0 saturated carbocycles. The summed E-state index contributed by atoms with van der Waals surface area (Å²) in [6.07, 6.45) is 0. The topological polar surface area (TPSA) is 55.4 Å². The molecular weight excluding hydrogens is 250 g/mol. The van der Waals surface area contributed by atoms with E-state index in [9.17, 15) is 8.42 Å². The fourth-order valence-electron chi connectivity index (χ4n) is 1.59. The van der Waals surface area contributed by atoms with E-state index in [2.05, 4.69) is 5.32 Å². The van der Waals surface area contributed by atoms with E-state index < -0.39 is 9.84 Å². The molecular formula is C13H21NO3S. The lowest BCUT2D eigenvalue weighted by Crippen LogP contribution is -2.26. The predicted octanol–water partition coefficient (Wildman–Crippen LogP) is 1.78. The molecule has 1 N–H and O–H groups in total. The van der Waals surface area contributed by atoms with Crippen LogP contribution in [0.4, 0.5) is 0 Å². The second-order valence-corrected chi connectivity index (χ2v) is 6.66. The van der Waals surface area contributed by atoms with Gasteiger partial charge in [-0.25, -0.2) is 8.42 Å². The second-order valence-electron chi connectivity index (χ2n) is 4.19. The Morgan fingerprint density at radius 2 is 1.89 bits per heavy atom. The maximum Gasteiger partial charge on any atom is 0.151 e. The molecule has 0 amide bonds. The molecule has 4 nitrogen and oxygen atoms in total. The van der Waals surface area contributed by atoms with Gasteiger partial charge in [0.25, 0.3) is 0 Å². The number of rotatable bonds is 7. The highest BCUT2D eigenvalue weighted by molar-refractivity contribution is 7.91. The van der Waals surface area contributed by atoms with Crippen molar-refractivity contribution in [3.8, 4) is 5.75 Å². The van der Waals surface area contributed by atoms with Crippen LogP contribution in [0.3, 0.4) is 0 Å². The zero-order valence-corrected chi connectivity index (χ0v) is 12.0. The maximum atomic E-state index is 11.3. The lowest BCUT2D eigenvalue weighted by molar-refractivity contribution is 0.414. The molecule has 0 radical (unpaired) electrons. The number of hydrogen-bond donors (Lipinski definition) is 1. The van der Waals surface area contributed by atoms with Gasteiger partial charge in [0.1, 0.15) is 5.75 Å². The van der Waals surface area contributed by atoms with E-state index in [1.165, 1.54) is 0 Å². The van der Waals surface area contributed by atoms with Crippen LogP contribution < -0.4 is 10.1 Å². The quantitative estimate of drug-likeness (QED) is 0.821. The van der Waals surface area contributed by atoms with Gasteiger partial charge in [-0.2, -0.15) is 0 Å². The molecule has 1 unspecified atom stereocenters. The van der Waals surface area contributed by atoms with Gasteiger partial charge in [-0.3, -0.25) is 0 Å². The zero-order chi connectivity index (χ0) is 13.6. The van der Waals surface area contributed by atoms with E-state index in [0.717, 1.165) is 11.3 Å². The minimum absolute atomic E-state index is 0.128. The first-order valence-corrected chi connectivity index (χ1v) is 7.88. The third-order valence-electron chi connectivity index (χ3n) is 2.92. The maximum absolute atomic E-state index is 11.3. The average molecular weight is 271 g/mol. The van der Waals surface area contributed by atoms with Crippen LogP contribution in [0.1, 0.15) is 25.5 Å². The van der Waals surface area contributed by atoms with Crippen LogP contribution in [-0.4, -0.2) is 33.6 Å². The number of sulfone groups is 1. The smallest absolute Gasteiger partial charge is 0.151 e. The first kappa shape index (κ1) is 15.0. The SMILES string of the molecule is CCS(=O)(=O)CCNC(C)c1ccc(OC)cc1. The summed E-state index contributed by atoms with van der Waals surface area (Å²) in [5, 5.41) is 3.21. The molecule has 0 aliphatic heterocycles. The molecule has 1 aromatic carbocycles. The third kappa shape index (κ3) is 4.66. The number of hydrogen-bond acceptors (Lipinski definition) is 4. The summed E-state index contributed by atoms with van der Waals surface area (Å²) in [6, 6.07) is 7.88. The van der Waals surface area contributed by atoms with Crippen LogP contribution in [-0.2, 0) is 9.84 Å². The van der Waals surface area contributed by atoms with Gasteiger partial charge in [-0.05, 0) is 24.6 Å². The molecule has 102 valence electrons. The van der Waals surface area contributed by atoms with Gasteiger partial charge in [0.15, 0.2) is 9.84 Å². The van der Waals surface area contributed by atoms with Crippen molar-refractivity contribution < 1.29 is 13.2 Å². The summed E-state index contributed by atoms with van der Waals surface area (Å²) >= 11 is 0. The van der Waals surface area contributed by atoms with E-state index in [1.807, 2.05) is 31.2 Å². The van der Waals surface area contributed by atoms with Gasteiger partial charge < -0.3 is 10.1 Å².